The molecule has 1 aliphatic carbocycles. The molecule has 2 aliphatic heterocycles. The second-order valence-electron chi connectivity index (χ2n) is 7.10. The van der Waals surface area contributed by atoms with Crippen molar-refractivity contribution in [2.24, 2.45) is 10.9 Å². The number of rotatable bonds is 0. The molecule has 3 heteroatoms. The van der Waals surface area contributed by atoms with Crippen LogP contribution in [0.1, 0.15) is 34.8 Å². The molecule has 3 heterocycles. The zero-order chi connectivity index (χ0) is 16.4. The second kappa shape index (κ2) is 4.79. The van der Waals surface area contributed by atoms with Crippen molar-refractivity contribution in [2.45, 2.75) is 18.0 Å². The Morgan fingerprint density at radius 2 is 1.96 bits per heavy atom. The van der Waals surface area contributed by atoms with Crippen molar-refractivity contribution in [3.8, 4) is 0 Å². The van der Waals surface area contributed by atoms with E-state index >= 15 is 0 Å². The van der Waals surface area contributed by atoms with Gasteiger partial charge in [-0.05, 0) is 28.0 Å². The summed E-state index contributed by atoms with van der Waals surface area (Å²) in [6.07, 6.45) is 15.1. The van der Waals surface area contributed by atoms with Crippen molar-refractivity contribution in [1.29, 1.82) is 0 Å². The highest BCUT2D eigenvalue weighted by atomic mass is 15.2. The summed E-state index contributed by atoms with van der Waals surface area (Å²) >= 11 is 0. The first-order valence-electron chi connectivity index (χ1n) is 8.83. The van der Waals surface area contributed by atoms with E-state index in [1.165, 1.54) is 27.6 Å². The van der Waals surface area contributed by atoms with Gasteiger partial charge in [-0.1, -0.05) is 54.6 Å². The van der Waals surface area contributed by atoms with Crippen molar-refractivity contribution >= 4 is 23.1 Å². The van der Waals surface area contributed by atoms with E-state index in [1.54, 1.807) is 0 Å². The van der Waals surface area contributed by atoms with Gasteiger partial charge in [0.15, 0.2) is 0 Å². The van der Waals surface area contributed by atoms with Crippen LogP contribution in [-0.2, 0) is 0 Å². The summed E-state index contributed by atoms with van der Waals surface area (Å²) in [6.45, 7) is 0. The number of fused-ring (bicyclic) bond motifs is 10. The first-order valence-corrected chi connectivity index (χ1v) is 8.83. The normalized spacial score (nSPS) is 28.3. The third kappa shape index (κ3) is 1.70. The third-order valence-corrected chi connectivity index (χ3v) is 5.96. The number of imidazole rings is 1. The summed E-state index contributed by atoms with van der Waals surface area (Å²) in [4.78, 5) is 9.20. The van der Waals surface area contributed by atoms with Crippen LogP contribution in [0.4, 0.5) is 0 Å². The number of hydrogen-bond acceptors (Lipinski definition) is 2. The van der Waals surface area contributed by atoms with Crippen LogP contribution in [0.3, 0.4) is 0 Å². The topological polar surface area (TPSA) is 30.2 Å². The molecule has 0 amide bonds. The average Bonchev–Trinajstić information content (AvgIpc) is 3.17. The molecule has 3 aliphatic rings. The van der Waals surface area contributed by atoms with Gasteiger partial charge in [0.05, 0.1) is 6.33 Å². The maximum Gasteiger partial charge on any atom is 0.132 e. The fourth-order valence-corrected chi connectivity index (χ4v) is 4.90. The summed E-state index contributed by atoms with van der Waals surface area (Å²) in [5.41, 5.74) is 4.08. The molecule has 1 aromatic heterocycles. The highest BCUT2D eigenvalue weighted by Crippen LogP contribution is 2.53. The Labute approximate surface area is 146 Å². The Hall–Kier alpha value is -2.94. The largest absolute Gasteiger partial charge is 0.311 e. The molecule has 25 heavy (non-hydrogen) atoms. The average molecular weight is 323 g/mol. The molecule has 0 bridgehead atoms. The fraction of sp³-hybridized carbons (Fsp3) is 0.182. The van der Waals surface area contributed by atoms with E-state index in [0.29, 0.717) is 17.8 Å². The monoisotopic (exact) mass is 323 g/mol. The number of nitrogens with zero attached hydrogens (tertiary/aromatic N) is 3. The summed E-state index contributed by atoms with van der Waals surface area (Å²) < 4.78 is 2.25. The molecular formula is C22H17N3. The van der Waals surface area contributed by atoms with Crippen LogP contribution in [-0.4, -0.2) is 15.8 Å². The van der Waals surface area contributed by atoms with Crippen molar-refractivity contribution in [1.82, 2.24) is 9.55 Å². The van der Waals surface area contributed by atoms with Gasteiger partial charge in [-0.15, -0.1) is 0 Å². The molecule has 3 aromatic rings. The summed E-state index contributed by atoms with van der Waals surface area (Å²) in [5, 5.41) is 2.65. The molecule has 120 valence electrons. The first kappa shape index (κ1) is 13.4. The van der Waals surface area contributed by atoms with Gasteiger partial charge in [0, 0.05) is 35.9 Å². The fourth-order valence-electron chi connectivity index (χ4n) is 4.90. The zero-order valence-electron chi connectivity index (χ0n) is 13.7. The Bertz CT molecular complexity index is 1090. The van der Waals surface area contributed by atoms with Crippen LogP contribution in [0.25, 0.3) is 16.8 Å². The van der Waals surface area contributed by atoms with Gasteiger partial charge < -0.3 is 4.57 Å². The Morgan fingerprint density at radius 1 is 1.00 bits per heavy atom. The highest BCUT2D eigenvalue weighted by Gasteiger charge is 2.44. The second-order valence-corrected chi connectivity index (χ2v) is 7.10. The number of aromatic nitrogens is 2. The minimum atomic E-state index is 0.120. The number of aliphatic imine (C=N–C) groups is 1. The van der Waals surface area contributed by atoms with E-state index in [9.17, 15) is 0 Å². The Morgan fingerprint density at radius 3 is 2.96 bits per heavy atom. The number of hydrogen-bond donors (Lipinski definition) is 0. The van der Waals surface area contributed by atoms with Crippen molar-refractivity contribution in [3.63, 3.8) is 0 Å². The van der Waals surface area contributed by atoms with E-state index < -0.39 is 0 Å². The lowest BCUT2D eigenvalue weighted by atomic mass is 9.67. The predicted octanol–water partition coefficient (Wildman–Crippen LogP) is 4.70. The number of dihydropyridines is 1. The molecule has 4 atom stereocenters. The minimum Gasteiger partial charge on any atom is -0.311 e. The van der Waals surface area contributed by atoms with E-state index in [0.717, 1.165) is 0 Å². The van der Waals surface area contributed by atoms with Gasteiger partial charge in [0.25, 0.3) is 0 Å². The van der Waals surface area contributed by atoms with Crippen molar-refractivity contribution in [3.05, 3.63) is 84.0 Å². The number of allylic oxidation sites excluding steroid dienone is 2. The molecule has 3 nitrogen and oxygen atoms in total. The molecule has 0 N–H and O–H groups in total. The van der Waals surface area contributed by atoms with Crippen LogP contribution in [0.5, 0.6) is 0 Å². The van der Waals surface area contributed by atoms with Gasteiger partial charge >= 0.3 is 0 Å². The van der Waals surface area contributed by atoms with E-state index in [2.05, 4.69) is 70.3 Å². The molecule has 4 unspecified atom stereocenters. The van der Waals surface area contributed by atoms with E-state index in [1.807, 2.05) is 18.7 Å². The summed E-state index contributed by atoms with van der Waals surface area (Å²) in [5.74, 6) is 1.13. The SMILES string of the molecule is C1=CC2C3c4ccc5ccccc5c4C=CC3c3cncn3C2N=C1. The van der Waals surface area contributed by atoms with Gasteiger partial charge in [-0.2, -0.15) is 0 Å². The van der Waals surface area contributed by atoms with Crippen LogP contribution >= 0.6 is 0 Å². The third-order valence-electron chi connectivity index (χ3n) is 5.96. The Kier molecular flexibility index (Phi) is 2.56. The molecule has 0 radical (unpaired) electrons. The maximum atomic E-state index is 4.78. The highest BCUT2D eigenvalue weighted by molar-refractivity contribution is 5.93. The smallest absolute Gasteiger partial charge is 0.132 e. The maximum absolute atomic E-state index is 4.78. The quantitative estimate of drug-likeness (QED) is 0.590. The first-order chi connectivity index (χ1) is 12.4. The van der Waals surface area contributed by atoms with E-state index in [-0.39, 0.29) is 6.17 Å². The standard InChI is InChI=1S/C22H17N3/c1-2-5-15-14(4-1)7-8-17-16(15)9-10-18-20-12-23-13-25(20)22-19(21(17)18)6-3-11-24-22/h1-13,18-19,21-22H. The van der Waals surface area contributed by atoms with Gasteiger partial charge in [0.2, 0.25) is 0 Å². The molecule has 0 saturated carbocycles. The summed E-state index contributed by atoms with van der Waals surface area (Å²) in [6, 6.07) is 13.3. The van der Waals surface area contributed by atoms with Crippen molar-refractivity contribution in [2.75, 3.05) is 0 Å². The molecule has 0 spiro atoms. The minimum absolute atomic E-state index is 0.120. The molecule has 6 rings (SSSR count). The Balaban J connectivity index is 1.64. The van der Waals surface area contributed by atoms with Crippen LogP contribution in [0.2, 0.25) is 0 Å². The lowest BCUT2D eigenvalue weighted by Gasteiger charge is -2.43. The van der Waals surface area contributed by atoms with E-state index in [4.69, 9.17) is 4.99 Å². The van der Waals surface area contributed by atoms with Crippen LogP contribution in [0.15, 0.2) is 72.1 Å². The van der Waals surface area contributed by atoms with Crippen molar-refractivity contribution < 1.29 is 0 Å². The van der Waals surface area contributed by atoms with Crippen LogP contribution in [0, 0.1) is 5.92 Å². The van der Waals surface area contributed by atoms with Crippen LogP contribution < -0.4 is 0 Å². The van der Waals surface area contributed by atoms with Gasteiger partial charge in [-0.3, -0.25) is 4.99 Å². The molecule has 2 aromatic carbocycles. The molecular weight excluding hydrogens is 306 g/mol. The zero-order valence-corrected chi connectivity index (χ0v) is 13.7. The molecule has 0 saturated heterocycles. The van der Waals surface area contributed by atoms with Gasteiger partial charge in [-0.25, -0.2) is 4.98 Å². The summed E-state index contributed by atoms with van der Waals surface area (Å²) in [7, 11) is 0. The van der Waals surface area contributed by atoms with Gasteiger partial charge in [0.1, 0.15) is 6.17 Å². The lowest BCUT2D eigenvalue weighted by molar-refractivity contribution is 0.276. The number of benzene rings is 2. The lowest BCUT2D eigenvalue weighted by Crippen LogP contribution is -2.35. The molecule has 0 fully saturated rings. The predicted molar refractivity (Wildman–Crippen MR) is 101 cm³/mol.